The molecule has 0 spiro atoms. The van der Waals surface area contributed by atoms with Crippen LogP contribution in [0.5, 0.6) is 0 Å². The Kier molecular flexibility index (Phi) is 3.70. The molecule has 0 aliphatic heterocycles. The summed E-state index contributed by atoms with van der Waals surface area (Å²) in [6.45, 7) is 5.78. The van der Waals surface area contributed by atoms with Crippen molar-refractivity contribution in [3.63, 3.8) is 0 Å². The smallest absolute Gasteiger partial charge is 0.103 e. The molecule has 2 nitrogen and oxygen atoms in total. The van der Waals surface area contributed by atoms with Crippen LogP contribution in [0, 0.1) is 5.41 Å². The highest BCUT2D eigenvalue weighted by Crippen LogP contribution is 2.47. The fourth-order valence-electron chi connectivity index (χ4n) is 2.14. The predicted molar refractivity (Wildman–Crippen MR) is 66.5 cm³/mol. The van der Waals surface area contributed by atoms with Gasteiger partial charge in [-0.3, -0.25) is 0 Å². The highest BCUT2D eigenvalue weighted by atomic mass is 16.3. The lowest BCUT2D eigenvalue weighted by Gasteiger charge is -2.18. The molecule has 1 fully saturated rings. The summed E-state index contributed by atoms with van der Waals surface area (Å²) in [5.41, 5.74) is 0.652. The summed E-state index contributed by atoms with van der Waals surface area (Å²) in [6, 6.07) is 4.61. The van der Waals surface area contributed by atoms with Crippen molar-refractivity contribution in [2.45, 2.75) is 52.0 Å². The standard InChI is InChI=1S/C14H23NO/c1-3-14(8-9-14)11-15-12(2)6-7-13-5-4-10-16-13/h4-5,10,12,15H,3,6-9,11H2,1-2H3. The molecule has 1 heterocycles. The third-order valence-corrected chi connectivity index (χ3v) is 3.94. The van der Waals surface area contributed by atoms with Crippen LogP contribution >= 0.6 is 0 Å². The van der Waals surface area contributed by atoms with Crippen molar-refractivity contribution >= 4 is 0 Å². The van der Waals surface area contributed by atoms with Crippen molar-refractivity contribution in [1.82, 2.24) is 5.32 Å². The van der Waals surface area contributed by atoms with Gasteiger partial charge in [0.2, 0.25) is 0 Å². The Labute approximate surface area is 98.4 Å². The molecule has 1 atom stereocenters. The first kappa shape index (κ1) is 11.7. The van der Waals surface area contributed by atoms with E-state index in [1.165, 1.54) is 25.8 Å². The van der Waals surface area contributed by atoms with Crippen LogP contribution in [0.15, 0.2) is 22.8 Å². The summed E-state index contributed by atoms with van der Waals surface area (Å²) in [5, 5.41) is 3.66. The zero-order valence-electron chi connectivity index (χ0n) is 10.5. The van der Waals surface area contributed by atoms with Crippen LogP contribution in [0.4, 0.5) is 0 Å². The molecule has 1 aliphatic rings. The summed E-state index contributed by atoms with van der Waals surface area (Å²) in [4.78, 5) is 0. The van der Waals surface area contributed by atoms with E-state index in [4.69, 9.17) is 4.42 Å². The molecule has 2 heteroatoms. The number of rotatable bonds is 7. The molecule has 16 heavy (non-hydrogen) atoms. The average molecular weight is 221 g/mol. The van der Waals surface area contributed by atoms with Gasteiger partial charge >= 0.3 is 0 Å². The maximum atomic E-state index is 5.34. The minimum Gasteiger partial charge on any atom is -0.469 e. The molecule has 0 radical (unpaired) electrons. The quantitative estimate of drug-likeness (QED) is 0.763. The lowest BCUT2D eigenvalue weighted by molar-refractivity contribution is 0.392. The third kappa shape index (κ3) is 3.11. The van der Waals surface area contributed by atoms with E-state index in [0.717, 1.165) is 18.6 Å². The fraction of sp³-hybridized carbons (Fsp3) is 0.714. The molecule has 0 bridgehead atoms. The van der Waals surface area contributed by atoms with Crippen LogP contribution in [0.3, 0.4) is 0 Å². The number of aryl methyl sites for hydroxylation is 1. The lowest BCUT2D eigenvalue weighted by atomic mass is 10.0. The maximum Gasteiger partial charge on any atom is 0.103 e. The summed E-state index contributed by atoms with van der Waals surface area (Å²) >= 11 is 0. The second kappa shape index (κ2) is 5.05. The molecular weight excluding hydrogens is 198 g/mol. The molecule has 1 saturated carbocycles. The molecule has 90 valence electrons. The Bertz CT molecular complexity index is 301. The van der Waals surface area contributed by atoms with Crippen LogP contribution in [0.2, 0.25) is 0 Å². The van der Waals surface area contributed by atoms with Gasteiger partial charge in [-0.25, -0.2) is 0 Å². The van der Waals surface area contributed by atoms with E-state index in [-0.39, 0.29) is 0 Å². The van der Waals surface area contributed by atoms with Crippen LogP contribution in [-0.4, -0.2) is 12.6 Å². The van der Waals surface area contributed by atoms with Gasteiger partial charge < -0.3 is 9.73 Å². The fourth-order valence-corrected chi connectivity index (χ4v) is 2.14. The Hall–Kier alpha value is -0.760. The van der Waals surface area contributed by atoms with Crippen molar-refractivity contribution in [2.75, 3.05) is 6.54 Å². The Morgan fingerprint density at radius 1 is 1.50 bits per heavy atom. The van der Waals surface area contributed by atoms with Crippen molar-refractivity contribution in [3.8, 4) is 0 Å². The highest BCUT2D eigenvalue weighted by Gasteiger charge is 2.40. The van der Waals surface area contributed by atoms with Gasteiger partial charge in [0.05, 0.1) is 6.26 Å². The van der Waals surface area contributed by atoms with Gasteiger partial charge in [-0.15, -0.1) is 0 Å². The zero-order valence-corrected chi connectivity index (χ0v) is 10.5. The van der Waals surface area contributed by atoms with E-state index >= 15 is 0 Å². The molecule has 1 N–H and O–H groups in total. The number of hydrogen-bond donors (Lipinski definition) is 1. The van der Waals surface area contributed by atoms with Crippen LogP contribution < -0.4 is 5.32 Å². The van der Waals surface area contributed by atoms with Crippen LogP contribution in [-0.2, 0) is 6.42 Å². The van der Waals surface area contributed by atoms with Gasteiger partial charge in [0.15, 0.2) is 0 Å². The summed E-state index contributed by atoms with van der Waals surface area (Å²) < 4.78 is 5.34. The van der Waals surface area contributed by atoms with Gasteiger partial charge in [0.1, 0.15) is 5.76 Å². The van der Waals surface area contributed by atoms with Gasteiger partial charge in [0, 0.05) is 19.0 Å². The molecule has 0 saturated heterocycles. The van der Waals surface area contributed by atoms with E-state index < -0.39 is 0 Å². The number of nitrogens with one attached hydrogen (secondary N) is 1. The van der Waals surface area contributed by atoms with E-state index in [2.05, 4.69) is 25.2 Å². The molecule has 1 aromatic rings. The van der Waals surface area contributed by atoms with Crippen molar-refractivity contribution < 1.29 is 4.42 Å². The molecule has 0 amide bonds. The van der Waals surface area contributed by atoms with Gasteiger partial charge in [-0.2, -0.15) is 0 Å². The van der Waals surface area contributed by atoms with Gasteiger partial charge in [-0.1, -0.05) is 6.92 Å². The SMILES string of the molecule is CCC1(CNC(C)CCc2ccco2)CC1. The second-order valence-electron chi connectivity index (χ2n) is 5.25. The Balaban J connectivity index is 1.63. The molecule has 1 unspecified atom stereocenters. The van der Waals surface area contributed by atoms with Crippen LogP contribution in [0.25, 0.3) is 0 Å². The second-order valence-corrected chi connectivity index (χ2v) is 5.25. The lowest BCUT2D eigenvalue weighted by Crippen LogP contribution is -2.32. The van der Waals surface area contributed by atoms with Crippen molar-refractivity contribution in [2.24, 2.45) is 5.41 Å². The first-order chi connectivity index (χ1) is 7.74. The van der Waals surface area contributed by atoms with E-state index in [1.807, 2.05) is 6.07 Å². The minimum absolute atomic E-state index is 0.592. The predicted octanol–water partition coefficient (Wildman–Crippen LogP) is 3.38. The number of hydrogen-bond acceptors (Lipinski definition) is 2. The summed E-state index contributed by atoms with van der Waals surface area (Å²) in [5.74, 6) is 1.10. The Morgan fingerprint density at radius 3 is 2.88 bits per heavy atom. The zero-order chi connectivity index (χ0) is 11.4. The van der Waals surface area contributed by atoms with Crippen LogP contribution in [0.1, 0.15) is 45.3 Å². The average Bonchev–Trinajstić information content (AvgIpc) is 2.90. The van der Waals surface area contributed by atoms with Crippen molar-refractivity contribution in [1.29, 1.82) is 0 Å². The molecule has 2 rings (SSSR count). The highest BCUT2D eigenvalue weighted by molar-refractivity contribution is 4.99. The minimum atomic E-state index is 0.592. The monoisotopic (exact) mass is 221 g/mol. The molecular formula is C14H23NO. The normalized spacial score (nSPS) is 19.6. The Morgan fingerprint density at radius 2 is 2.31 bits per heavy atom. The van der Waals surface area contributed by atoms with Gasteiger partial charge in [-0.05, 0) is 50.2 Å². The summed E-state index contributed by atoms with van der Waals surface area (Å²) in [7, 11) is 0. The van der Waals surface area contributed by atoms with E-state index in [1.54, 1.807) is 6.26 Å². The van der Waals surface area contributed by atoms with E-state index in [9.17, 15) is 0 Å². The first-order valence-corrected chi connectivity index (χ1v) is 6.50. The molecule has 0 aromatic carbocycles. The summed E-state index contributed by atoms with van der Waals surface area (Å²) in [6.07, 6.45) is 8.12. The third-order valence-electron chi connectivity index (χ3n) is 3.94. The number of furan rings is 1. The molecule has 1 aromatic heterocycles. The largest absolute Gasteiger partial charge is 0.469 e. The first-order valence-electron chi connectivity index (χ1n) is 6.50. The van der Waals surface area contributed by atoms with Gasteiger partial charge in [0.25, 0.3) is 0 Å². The van der Waals surface area contributed by atoms with E-state index in [0.29, 0.717) is 11.5 Å². The maximum absolute atomic E-state index is 5.34. The molecule has 1 aliphatic carbocycles. The topological polar surface area (TPSA) is 25.2 Å². The van der Waals surface area contributed by atoms with Crippen molar-refractivity contribution in [3.05, 3.63) is 24.2 Å².